The first-order valence-corrected chi connectivity index (χ1v) is 10.8. The van der Waals surface area contributed by atoms with Gasteiger partial charge in [0.05, 0.1) is 37.0 Å². The smallest absolute Gasteiger partial charge is 0.354 e. The number of morpholine rings is 1. The lowest BCUT2D eigenvalue weighted by Crippen LogP contribution is -2.72. The van der Waals surface area contributed by atoms with Gasteiger partial charge in [0, 0.05) is 25.3 Å². The lowest BCUT2D eigenvalue weighted by atomic mass is 10.2. The van der Waals surface area contributed by atoms with E-state index in [0.717, 1.165) is 17.9 Å². The van der Waals surface area contributed by atoms with Crippen molar-refractivity contribution in [3.8, 4) is 0 Å². The van der Waals surface area contributed by atoms with Gasteiger partial charge in [-0.25, -0.2) is 4.39 Å². The molecule has 0 radical (unpaired) electrons. The molecule has 0 bridgehead atoms. The molecule has 33 heavy (non-hydrogen) atoms. The average molecular weight is 452 g/mol. The molecule has 1 aliphatic heterocycles. The highest BCUT2D eigenvalue weighted by Crippen LogP contribution is 2.18. The third-order valence-corrected chi connectivity index (χ3v) is 4.98. The zero-order valence-electron chi connectivity index (χ0n) is 18.8. The Labute approximate surface area is 192 Å². The van der Waals surface area contributed by atoms with Gasteiger partial charge in [0.15, 0.2) is 11.6 Å². The molecular weight excluding hydrogens is 423 g/mol. The number of aromatic nitrogens is 3. The van der Waals surface area contributed by atoms with Crippen LogP contribution in [0, 0.1) is 5.82 Å². The topological polar surface area (TPSA) is 95.4 Å². The van der Waals surface area contributed by atoms with E-state index in [1.807, 2.05) is 17.0 Å². The molecule has 1 fully saturated rings. The fraction of sp³-hybridized carbons (Fsp3) is 0.304. The Morgan fingerprint density at radius 1 is 1.09 bits per heavy atom. The van der Waals surface area contributed by atoms with Crippen LogP contribution in [0.5, 0.6) is 0 Å². The van der Waals surface area contributed by atoms with Crippen molar-refractivity contribution in [2.75, 3.05) is 50.6 Å². The first-order valence-electron chi connectivity index (χ1n) is 10.8. The van der Waals surface area contributed by atoms with Crippen LogP contribution in [-0.4, -0.2) is 66.5 Å². The van der Waals surface area contributed by atoms with E-state index in [2.05, 4.69) is 68.6 Å². The van der Waals surface area contributed by atoms with Crippen LogP contribution >= 0.6 is 0 Å². The highest BCUT2D eigenvalue weighted by Gasteiger charge is 2.18. The number of anilines is 3. The molecule has 3 heterocycles. The van der Waals surface area contributed by atoms with Crippen LogP contribution in [0.15, 0.2) is 53.9 Å². The monoisotopic (exact) mass is 451 g/mol. The summed E-state index contributed by atoms with van der Waals surface area (Å²) in [6.07, 6.45) is 4.53. The molecule has 9 nitrogen and oxygen atoms in total. The second kappa shape index (κ2) is 10.9. The van der Waals surface area contributed by atoms with Crippen molar-refractivity contribution in [2.45, 2.75) is 6.54 Å². The summed E-state index contributed by atoms with van der Waals surface area (Å²) in [5.41, 5.74) is 5.32. The number of hydrogen-bond acceptors (Lipinski definition) is 8. The van der Waals surface area contributed by atoms with Gasteiger partial charge in [-0.1, -0.05) is 17.2 Å². The highest BCUT2D eigenvalue weighted by molar-refractivity contribution is 5.77. The number of nitrogens with zero attached hydrogens (tertiary/aromatic N) is 6. The fourth-order valence-corrected chi connectivity index (χ4v) is 3.39. The largest absolute Gasteiger partial charge is 0.378 e. The number of hydrogen-bond donors (Lipinski definition) is 2. The first kappa shape index (κ1) is 22.7. The Bertz CT molecular complexity index is 1070. The van der Waals surface area contributed by atoms with Crippen molar-refractivity contribution in [3.63, 3.8) is 0 Å². The summed E-state index contributed by atoms with van der Waals surface area (Å²) >= 11 is 0. The van der Waals surface area contributed by atoms with E-state index in [-0.39, 0.29) is 5.82 Å². The molecule has 4 rings (SSSR count). The fourth-order valence-electron chi connectivity index (χ4n) is 3.39. The standard InChI is InChI=1S/C23H27FN8O/c1-31(2)16-17-3-5-18(6-4-17)28-20-8-7-19(25-13-20)14-27-30-23-26-15-21(24)22(29-23)32-9-11-33-12-10-32/h3-8,13-15,28H,9-12,16H2,1-2H3,(H,26,29,30)/p+1/b27-14+. The molecule has 1 saturated heterocycles. The van der Waals surface area contributed by atoms with Gasteiger partial charge in [0.1, 0.15) is 6.21 Å². The summed E-state index contributed by atoms with van der Waals surface area (Å²) in [4.78, 5) is 16.7. The van der Waals surface area contributed by atoms with Crippen LogP contribution in [0.4, 0.5) is 27.5 Å². The number of ether oxygens (including phenoxy) is 1. The number of pyridine rings is 1. The van der Waals surface area contributed by atoms with Crippen LogP contribution in [0.25, 0.3) is 0 Å². The number of rotatable bonds is 8. The number of nitrogens with one attached hydrogen (secondary N) is 1. The molecule has 0 spiro atoms. The molecule has 172 valence electrons. The molecular formula is C23H28FN8O+. The minimum atomic E-state index is -0.449. The normalized spacial score (nSPS) is 14.2. The first-order chi connectivity index (χ1) is 16.1. The van der Waals surface area contributed by atoms with Gasteiger partial charge < -0.3 is 19.9 Å². The van der Waals surface area contributed by atoms with Crippen LogP contribution in [0.3, 0.4) is 0 Å². The molecule has 0 amide bonds. The Balaban J connectivity index is 1.33. The zero-order chi connectivity index (χ0) is 23.0. The molecule has 1 aliphatic rings. The van der Waals surface area contributed by atoms with E-state index < -0.39 is 5.82 Å². The van der Waals surface area contributed by atoms with Gasteiger partial charge >= 0.3 is 5.95 Å². The second-order valence-corrected chi connectivity index (χ2v) is 7.94. The highest BCUT2D eigenvalue weighted by atomic mass is 19.1. The predicted molar refractivity (Wildman–Crippen MR) is 126 cm³/mol. The molecule has 2 aromatic heterocycles. The quantitative estimate of drug-likeness (QED) is 0.307. The van der Waals surface area contributed by atoms with Crippen molar-refractivity contribution in [2.24, 2.45) is 5.10 Å². The molecule has 0 aliphatic carbocycles. The lowest BCUT2D eigenvalue weighted by molar-refractivity contribution is -0.584. The Hall–Kier alpha value is -3.47. The Kier molecular flexibility index (Phi) is 7.51. The van der Waals surface area contributed by atoms with E-state index in [9.17, 15) is 4.39 Å². The van der Waals surface area contributed by atoms with Crippen molar-refractivity contribution in [3.05, 3.63) is 65.9 Å². The van der Waals surface area contributed by atoms with Gasteiger partial charge in [0.2, 0.25) is 0 Å². The summed E-state index contributed by atoms with van der Waals surface area (Å²) in [5.74, 6) is 0.165. The van der Waals surface area contributed by atoms with Gasteiger partial charge in [-0.05, 0) is 43.9 Å². The maximum absolute atomic E-state index is 14.1. The predicted octanol–water partition coefficient (Wildman–Crippen LogP) is 1.88. The summed E-state index contributed by atoms with van der Waals surface area (Å²) < 4.78 is 19.4. The number of halogens is 1. The Morgan fingerprint density at radius 2 is 1.85 bits per heavy atom. The molecule has 3 aromatic rings. The van der Waals surface area contributed by atoms with E-state index in [0.29, 0.717) is 37.9 Å². The summed E-state index contributed by atoms with van der Waals surface area (Å²) in [5, 5.41) is 7.59. The van der Waals surface area contributed by atoms with Gasteiger partial charge in [-0.2, -0.15) is 15.4 Å². The molecule has 0 atom stereocenters. The number of nitrogens with two attached hydrogens (primary N) is 1. The van der Waals surface area contributed by atoms with Crippen molar-refractivity contribution >= 4 is 29.4 Å². The zero-order valence-corrected chi connectivity index (χ0v) is 18.8. The minimum absolute atomic E-state index is 0.276. The molecule has 3 N–H and O–H groups in total. The van der Waals surface area contributed by atoms with E-state index in [1.165, 1.54) is 17.2 Å². The minimum Gasteiger partial charge on any atom is -0.378 e. The summed E-state index contributed by atoms with van der Waals surface area (Å²) in [6.45, 7) is 3.21. The van der Waals surface area contributed by atoms with Gasteiger partial charge in [-0.3, -0.25) is 4.98 Å². The SMILES string of the molecule is CN(C)Cc1ccc(Nc2ccc(/C=N/[NH2+]c3ncc(F)c(N4CCOCC4)n3)nc2)cc1. The van der Waals surface area contributed by atoms with Crippen molar-refractivity contribution in [1.82, 2.24) is 19.9 Å². The number of benzene rings is 1. The van der Waals surface area contributed by atoms with E-state index in [4.69, 9.17) is 4.74 Å². The molecule has 0 unspecified atom stereocenters. The molecule has 0 saturated carbocycles. The van der Waals surface area contributed by atoms with E-state index >= 15 is 0 Å². The summed E-state index contributed by atoms with van der Waals surface area (Å²) in [7, 11) is 4.10. The summed E-state index contributed by atoms with van der Waals surface area (Å²) in [6, 6.07) is 12.1. The number of quaternary nitrogens is 1. The van der Waals surface area contributed by atoms with Crippen LogP contribution in [-0.2, 0) is 11.3 Å². The van der Waals surface area contributed by atoms with E-state index in [1.54, 1.807) is 12.4 Å². The lowest BCUT2D eigenvalue weighted by Gasteiger charge is -2.27. The third-order valence-electron chi connectivity index (χ3n) is 4.98. The maximum atomic E-state index is 14.1. The van der Waals surface area contributed by atoms with Gasteiger partial charge in [0.25, 0.3) is 0 Å². The van der Waals surface area contributed by atoms with Crippen molar-refractivity contribution < 1.29 is 14.6 Å². The molecule has 1 aromatic carbocycles. The van der Waals surface area contributed by atoms with Crippen LogP contribution in [0.1, 0.15) is 11.3 Å². The average Bonchev–Trinajstić information content (AvgIpc) is 2.83. The van der Waals surface area contributed by atoms with Crippen LogP contribution < -0.4 is 15.6 Å². The Morgan fingerprint density at radius 3 is 2.55 bits per heavy atom. The van der Waals surface area contributed by atoms with Crippen molar-refractivity contribution in [1.29, 1.82) is 0 Å². The molecule has 10 heteroatoms. The van der Waals surface area contributed by atoms with Crippen LogP contribution in [0.2, 0.25) is 0 Å². The second-order valence-electron chi connectivity index (χ2n) is 7.94. The van der Waals surface area contributed by atoms with Gasteiger partial charge in [-0.15, -0.1) is 0 Å². The third kappa shape index (κ3) is 6.51. The maximum Gasteiger partial charge on any atom is 0.354 e.